The van der Waals surface area contributed by atoms with E-state index in [1.54, 1.807) is 0 Å². The SMILES string of the molecule is [B]OC(CC)(CCCC)N(CCCC)CCCC. The lowest BCUT2D eigenvalue weighted by Crippen LogP contribution is -2.51. The molecule has 0 bridgehead atoms. The Balaban J connectivity index is 4.68. The first-order valence-corrected chi connectivity index (χ1v) is 7.83. The fourth-order valence-corrected chi connectivity index (χ4v) is 2.45. The summed E-state index contributed by atoms with van der Waals surface area (Å²) in [5.74, 6) is 0. The Kier molecular flexibility index (Phi) is 10.9. The second-order valence-electron chi connectivity index (χ2n) is 5.22. The van der Waals surface area contributed by atoms with Crippen molar-refractivity contribution in [1.29, 1.82) is 0 Å². The minimum absolute atomic E-state index is 0.236. The van der Waals surface area contributed by atoms with E-state index < -0.39 is 0 Å². The summed E-state index contributed by atoms with van der Waals surface area (Å²) >= 11 is 0. The van der Waals surface area contributed by atoms with Crippen LogP contribution >= 0.6 is 0 Å². The molecule has 0 aliphatic heterocycles. The van der Waals surface area contributed by atoms with Crippen molar-refractivity contribution in [1.82, 2.24) is 4.90 Å². The van der Waals surface area contributed by atoms with E-state index in [4.69, 9.17) is 12.7 Å². The molecule has 1 unspecified atom stereocenters. The summed E-state index contributed by atoms with van der Waals surface area (Å²) in [5.41, 5.74) is -0.236. The smallest absolute Gasteiger partial charge is 0.285 e. The molecule has 106 valence electrons. The average molecular weight is 253 g/mol. The Labute approximate surface area is 116 Å². The van der Waals surface area contributed by atoms with E-state index in [0.717, 1.165) is 25.9 Å². The van der Waals surface area contributed by atoms with E-state index in [-0.39, 0.29) is 5.72 Å². The lowest BCUT2D eigenvalue weighted by molar-refractivity contribution is -0.0936. The summed E-state index contributed by atoms with van der Waals surface area (Å²) in [6.45, 7) is 11.1. The normalized spacial score (nSPS) is 14.9. The molecule has 1 atom stereocenters. The van der Waals surface area contributed by atoms with Crippen LogP contribution in [0.5, 0.6) is 0 Å². The van der Waals surface area contributed by atoms with Gasteiger partial charge in [0.1, 0.15) is 5.72 Å². The summed E-state index contributed by atoms with van der Waals surface area (Å²) in [4.78, 5) is 2.48. The third kappa shape index (κ3) is 5.75. The first-order chi connectivity index (χ1) is 8.70. The molecule has 18 heavy (non-hydrogen) atoms. The molecule has 2 nitrogen and oxygen atoms in total. The van der Waals surface area contributed by atoms with Gasteiger partial charge in [0.05, 0.1) is 0 Å². The molecule has 0 heterocycles. The third-order valence-corrected chi connectivity index (χ3v) is 3.83. The zero-order valence-electron chi connectivity index (χ0n) is 13.0. The summed E-state index contributed by atoms with van der Waals surface area (Å²) in [6, 6.07) is 0. The molecule has 0 fully saturated rings. The Morgan fingerprint density at radius 3 is 1.72 bits per heavy atom. The van der Waals surface area contributed by atoms with Crippen molar-refractivity contribution >= 4 is 8.05 Å². The Morgan fingerprint density at radius 2 is 1.39 bits per heavy atom. The number of unbranched alkanes of at least 4 members (excludes halogenated alkanes) is 3. The van der Waals surface area contributed by atoms with Gasteiger partial charge >= 0.3 is 0 Å². The van der Waals surface area contributed by atoms with Crippen LogP contribution in [-0.2, 0) is 4.65 Å². The van der Waals surface area contributed by atoms with E-state index in [0.29, 0.717) is 0 Å². The van der Waals surface area contributed by atoms with E-state index in [2.05, 4.69) is 32.6 Å². The van der Waals surface area contributed by atoms with Crippen LogP contribution in [-0.4, -0.2) is 31.8 Å². The predicted octanol–water partition coefficient (Wildman–Crippen LogP) is 4.29. The van der Waals surface area contributed by atoms with Gasteiger partial charge in [0.2, 0.25) is 0 Å². The molecular weight excluding hydrogens is 221 g/mol. The molecule has 0 spiro atoms. The summed E-state index contributed by atoms with van der Waals surface area (Å²) < 4.78 is 5.47. The second-order valence-corrected chi connectivity index (χ2v) is 5.22. The summed E-state index contributed by atoms with van der Waals surface area (Å²) in [5, 5.41) is 0. The third-order valence-electron chi connectivity index (χ3n) is 3.83. The van der Waals surface area contributed by atoms with Crippen LogP contribution < -0.4 is 0 Å². The quantitative estimate of drug-likeness (QED) is 0.380. The van der Waals surface area contributed by atoms with Gasteiger partial charge in [-0.3, -0.25) is 4.90 Å². The highest BCUT2D eigenvalue weighted by Crippen LogP contribution is 2.28. The molecular formula is C15H32BNO. The minimum Gasteiger partial charge on any atom is -0.431 e. The van der Waals surface area contributed by atoms with Crippen molar-refractivity contribution in [3.05, 3.63) is 0 Å². The average Bonchev–Trinajstić information content (AvgIpc) is 2.42. The van der Waals surface area contributed by atoms with Gasteiger partial charge < -0.3 is 4.65 Å². The van der Waals surface area contributed by atoms with E-state index in [1.807, 2.05) is 0 Å². The molecule has 0 amide bonds. The van der Waals surface area contributed by atoms with E-state index >= 15 is 0 Å². The zero-order valence-corrected chi connectivity index (χ0v) is 13.0. The lowest BCUT2D eigenvalue weighted by atomic mass is 9.98. The van der Waals surface area contributed by atoms with E-state index in [1.165, 1.54) is 38.5 Å². The standard InChI is InChI=1S/C15H32BNO/c1-5-9-12-15(8-4,18-16)17(13-10-6-2)14-11-7-3/h5-14H2,1-4H3. The molecule has 0 aliphatic carbocycles. The number of nitrogens with zero attached hydrogens (tertiary/aromatic N) is 1. The lowest BCUT2D eigenvalue weighted by Gasteiger charge is -2.43. The summed E-state index contributed by atoms with van der Waals surface area (Å²) in [7, 11) is 5.66. The van der Waals surface area contributed by atoms with Gasteiger partial charge in [-0.25, -0.2) is 0 Å². The Morgan fingerprint density at radius 1 is 0.889 bits per heavy atom. The molecule has 2 radical (unpaired) electrons. The van der Waals surface area contributed by atoms with Crippen molar-refractivity contribution in [3.63, 3.8) is 0 Å². The van der Waals surface area contributed by atoms with Crippen LogP contribution in [0.4, 0.5) is 0 Å². The Bertz CT molecular complexity index is 175. The van der Waals surface area contributed by atoms with Gasteiger partial charge in [0, 0.05) is 13.1 Å². The minimum atomic E-state index is -0.236. The van der Waals surface area contributed by atoms with Gasteiger partial charge in [-0.1, -0.05) is 47.0 Å². The molecule has 0 aromatic carbocycles. The molecule has 0 saturated carbocycles. The van der Waals surface area contributed by atoms with Crippen LogP contribution in [0.3, 0.4) is 0 Å². The van der Waals surface area contributed by atoms with Gasteiger partial charge in [-0.15, -0.1) is 0 Å². The van der Waals surface area contributed by atoms with Crippen molar-refractivity contribution in [2.75, 3.05) is 13.1 Å². The number of rotatable bonds is 12. The molecule has 3 heteroatoms. The first-order valence-electron chi connectivity index (χ1n) is 7.83. The van der Waals surface area contributed by atoms with Crippen LogP contribution in [0.2, 0.25) is 0 Å². The highest BCUT2D eigenvalue weighted by Gasteiger charge is 2.32. The van der Waals surface area contributed by atoms with Crippen LogP contribution in [0.25, 0.3) is 0 Å². The predicted molar refractivity (Wildman–Crippen MR) is 80.8 cm³/mol. The maximum Gasteiger partial charge on any atom is 0.285 e. The maximum atomic E-state index is 5.66. The fourth-order valence-electron chi connectivity index (χ4n) is 2.45. The van der Waals surface area contributed by atoms with Gasteiger partial charge in [0.25, 0.3) is 8.05 Å². The largest absolute Gasteiger partial charge is 0.431 e. The maximum absolute atomic E-state index is 5.66. The van der Waals surface area contributed by atoms with Crippen LogP contribution in [0.1, 0.15) is 79.1 Å². The highest BCUT2D eigenvalue weighted by atomic mass is 16.5. The molecule has 0 saturated heterocycles. The number of hydrogen-bond acceptors (Lipinski definition) is 2. The molecule has 0 aromatic rings. The molecule has 0 aliphatic rings. The molecule has 0 N–H and O–H groups in total. The molecule has 0 rings (SSSR count). The number of hydrogen-bond donors (Lipinski definition) is 0. The van der Waals surface area contributed by atoms with Gasteiger partial charge in [0.15, 0.2) is 0 Å². The Hall–Kier alpha value is -0.0151. The van der Waals surface area contributed by atoms with Crippen molar-refractivity contribution in [2.45, 2.75) is 84.8 Å². The van der Waals surface area contributed by atoms with E-state index in [9.17, 15) is 0 Å². The van der Waals surface area contributed by atoms with Gasteiger partial charge in [-0.05, 0) is 32.1 Å². The van der Waals surface area contributed by atoms with Crippen molar-refractivity contribution in [3.8, 4) is 0 Å². The van der Waals surface area contributed by atoms with Crippen molar-refractivity contribution < 1.29 is 4.65 Å². The summed E-state index contributed by atoms with van der Waals surface area (Å²) in [6.07, 6.45) is 9.28. The zero-order chi connectivity index (χ0) is 13.9. The van der Waals surface area contributed by atoms with Crippen LogP contribution in [0.15, 0.2) is 0 Å². The monoisotopic (exact) mass is 253 g/mol. The highest BCUT2D eigenvalue weighted by molar-refractivity contribution is 5.98. The van der Waals surface area contributed by atoms with Crippen molar-refractivity contribution in [2.24, 2.45) is 0 Å². The van der Waals surface area contributed by atoms with Crippen LogP contribution in [0, 0.1) is 0 Å². The first kappa shape index (κ1) is 18.0. The topological polar surface area (TPSA) is 12.5 Å². The molecule has 0 aromatic heterocycles. The van der Waals surface area contributed by atoms with Gasteiger partial charge in [-0.2, -0.15) is 0 Å². The second kappa shape index (κ2) is 10.9. The fraction of sp³-hybridized carbons (Fsp3) is 1.00.